The number of fused-ring (bicyclic) bond motifs is 6. The lowest BCUT2D eigenvalue weighted by Gasteiger charge is -2.32. The number of nitriles is 1. The average molecular weight is 529 g/mol. The number of aryl methyl sites for hydroxylation is 1. The lowest BCUT2D eigenvalue weighted by molar-refractivity contribution is 0.122. The standard InChI is InChI=1S/C32H28N6O2/c1-37-20-35-18-30(37)32(34)24-6-5-22(17-33)23(13-24)19-40-26-4-2-3-21(14-26)27-16-31(38-9-11-39-12-10-38)36-29-8-7-25(32)15-28(27)29/h2-8,13-16,18,20H,9-12,19,34H2,1H3/t32-/m0/s1. The van der Waals surface area contributed by atoms with Gasteiger partial charge in [0.05, 0.1) is 48.6 Å². The van der Waals surface area contributed by atoms with E-state index in [0.29, 0.717) is 18.8 Å². The second-order valence-corrected chi connectivity index (χ2v) is 10.4. The van der Waals surface area contributed by atoms with E-state index in [1.807, 2.05) is 41.9 Å². The Hall–Kier alpha value is -4.71. The van der Waals surface area contributed by atoms with E-state index >= 15 is 0 Å². The first-order valence-corrected chi connectivity index (χ1v) is 13.3. The molecule has 3 aromatic carbocycles. The molecule has 1 atom stereocenters. The van der Waals surface area contributed by atoms with Crippen LogP contribution in [0.1, 0.15) is 27.9 Å². The highest BCUT2D eigenvalue weighted by Gasteiger charge is 2.36. The van der Waals surface area contributed by atoms with Crippen molar-refractivity contribution in [3.63, 3.8) is 0 Å². The van der Waals surface area contributed by atoms with E-state index < -0.39 is 5.54 Å². The van der Waals surface area contributed by atoms with E-state index in [0.717, 1.165) is 69.1 Å². The quantitative estimate of drug-likeness (QED) is 0.360. The van der Waals surface area contributed by atoms with Gasteiger partial charge in [-0.2, -0.15) is 5.26 Å². The molecule has 0 amide bonds. The topological polar surface area (TPSA) is 102 Å². The zero-order valence-electron chi connectivity index (χ0n) is 22.2. The van der Waals surface area contributed by atoms with Crippen molar-refractivity contribution in [3.8, 4) is 22.9 Å². The van der Waals surface area contributed by atoms with Gasteiger partial charge in [-0.05, 0) is 64.7 Å². The van der Waals surface area contributed by atoms with Crippen LogP contribution in [0.25, 0.3) is 22.0 Å². The van der Waals surface area contributed by atoms with Gasteiger partial charge in [-0.25, -0.2) is 9.97 Å². The molecule has 0 radical (unpaired) electrons. The summed E-state index contributed by atoms with van der Waals surface area (Å²) in [5, 5.41) is 10.9. The molecule has 40 heavy (non-hydrogen) atoms. The van der Waals surface area contributed by atoms with Gasteiger partial charge >= 0.3 is 0 Å². The predicted octanol–water partition coefficient (Wildman–Crippen LogP) is 4.49. The summed E-state index contributed by atoms with van der Waals surface area (Å²) in [6.07, 6.45) is 3.56. The van der Waals surface area contributed by atoms with Crippen LogP contribution < -0.4 is 15.4 Å². The molecule has 2 aliphatic heterocycles. The Labute approximate surface area is 232 Å². The summed E-state index contributed by atoms with van der Waals surface area (Å²) in [7, 11) is 1.94. The van der Waals surface area contributed by atoms with Gasteiger partial charge in [0.1, 0.15) is 23.7 Å². The third-order valence-electron chi connectivity index (χ3n) is 8.03. The van der Waals surface area contributed by atoms with Gasteiger partial charge in [0.15, 0.2) is 0 Å². The molecular formula is C32H28N6O2. The van der Waals surface area contributed by atoms with Crippen LogP contribution in [-0.4, -0.2) is 40.8 Å². The number of ether oxygens (including phenoxy) is 2. The number of nitrogens with two attached hydrogens (primary N) is 1. The first-order chi connectivity index (χ1) is 19.5. The number of hydrogen-bond acceptors (Lipinski definition) is 7. The second kappa shape index (κ2) is 9.49. The maximum atomic E-state index is 9.86. The molecule has 0 saturated carbocycles. The Morgan fingerprint density at radius 1 is 1.00 bits per heavy atom. The molecular weight excluding hydrogens is 500 g/mol. The summed E-state index contributed by atoms with van der Waals surface area (Å²) in [6, 6.07) is 24.6. The first-order valence-electron chi connectivity index (χ1n) is 13.3. The van der Waals surface area contributed by atoms with Crippen LogP contribution in [0.5, 0.6) is 5.75 Å². The highest BCUT2D eigenvalue weighted by Crippen LogP contribution is 2.40. The van der Waals surface area contributed by atoms with Crippen LogP contribution in [0, 0.1) is 11.3 Å². The number of hydrogen-bond donors (Lipinski definition) is 1. The van der Waals surface area contributed by atoms with Crippen LogP contribution in [-0.2, 0) is 23.9 Å². The van der Waals surface area contributed by atoms with E-state index in [1.54, 1.807) is 12.5 Å². The molecule has 0 aliphatic carbocycles. The van der Waals surface area contributed by atoms with E-state index in [2.05, 4.69) is 52.4 Å². The van der Waals surface area contributed by atoms with E-state index in [9.17, 15) is 5.26 Å². The Morgan fingerprint density at radius 2 is 1.82 bits per heavy atom. The van der Waals surface area contributed by atoms with Crippen LogP contribution in [0.3, 0.4) is 0 Å². The SMILES string of the molecule is Cn1cncc1[C@]1(N)c2ccc(C#N)c(c2)COc2cccc(c2)-c2cc(N3CCOCC3)nc3ccc1cc23. The van der Waals surface area contributed by atoms with Crippen molar-refractivity contribution in [2.75, 3.05) is 31.2 Å². The minimum absolute atomic E-state index is 0.240. The molecule has 1 saturated heterocycles. The Morgan fingerprint density at radius 3 is 2.62 bits per heavy atom. The number of aromatic nitrogens is 3. The summed E-state index contributed by atoms with van der Waals surface area (Å²) in [6.45, 7) is 3.19. The summed E-state index contributed by atoms with van der Waals surface area (Å²) < 4.78 is 13.8. The maximum absolute atomic E-state index is 9.86. The fourth-order valence-electron chi connectivity index (χ4n) is 5.83. The Kier molecular flexibility index (Phi) is 5.77. The zero-order valence-corrected chi connectivity index (χ0v) is 22.2. The minimum Gasteiger partial charge on any atom is -0.489 e. The largest absolute Gasteiger partial charge is 0.489 e. The first kappa shape index (κ1) is 24.3. The lowest BCUT2D eigenvalue weighted by atomic mass is 9.79. The number of benzene rings is 3. The molecule has 1 fully saturated rings. The number of imidazole rings is 1. The predicted molar refractivity (Wildman–Crippen MR) is 153 cm³/mol. The van der Waals surface area contributed by atoms with E-state index in [-0.39, 0.29) is 6.61 Å². The number of morpholine rings is 1. The number of pyridine rings is 1. The highest BCUT2D eigenvalue weighted by molar-refractivity contribution is 5.97. The van der Waals surface area contributed by atoms with E-state index in [4.69, 9.17) is 20.2 Å². The molecule has 198 valence electrons. The number of anilines is 1. The van der Waals surface area contributed by atoms with Gasteiger partial charge < -0.3 is 24.7 Å². The fourth-order valence-corrected chi connectivity index (χ4v) is 5.83. The van der Waals surface area contributed by atoms with Crippen molar-refractivity contribution in [2.45, 2.75) is 12.1 Å². The zero-order chi connectivity index (χ0) is 27.3. The molecule has 2 aromatic heterocycles. The van der Waals surface area contributed by atoms with Crippen LogP contribution in [0.2, 0.25) is 0 Å². The molecule has 0 spiro atoms. The molecule has 6 bridgehead atoms. The van der Waals surface area contributed by atoms with Crippen molar-refractivity contribution in [1.82, 2.24) is 14.5 Å². The van der Waals surface area contributed by atoms with Gasteiger partial charge in [-0.1, -0.05) is 24.3 Å². The molecule has 8 nitrogen and oxygen atoms in total. The molecule has 0 unspecified atom stereocenters. The van der Waals surface area contributed by atoms with Gasteiger partial charge in [0.25, 0.3) is 0 Å². The molecule has 4 heterocycles. The highest BCUT2D eigenvalue weighted by atomic mass is 16.5. The van der Waals surface area contributed by atoms with Crippen LogP contribution in [0.4, 0.5) is 5.82 Å². The molecule has 5 aromatic rings. The summed E-state index contributed by atoms with van der Waals surface area (Å²) >= 11 is 0. The molecule has 2 N–H and O–H groups in total. The number of rotatable bonds is 2. The summed E-state index contributed by atoms with van der Waals surface area (Å²) in [5.74, 6) is 1.65. The maximum Gasteiger partial charge on any atom is 0.130 e. The van der Waals surface area contributed by atoms with Crippen molar-refractivity contribution < 1.29 is 9.47 Å². The third kappa shape index (κ3) is 3.90. The molecule has 2 aliphatic rings. The van der Waals surface area contributed by atoms with Gasteiger partial charge in [-0.3, -0.25) is 0 Å². The van der Waals surface area contributed by atoms with E-state index in [1.165, 1.54) is 0 Å². The monoisotopic (exact) mass is 528 g/mol. The fraction of sp³-hybridized carbons (Fsp3) is 0.219. The normalized spacial score (nSPS) is 18.4. The van der Waals surface area contributed by atoms with Crippen molar-refractivity contribution in [3.05, 3.63) is 107 Å². The third-order valence-corrected chi connectivity index (χ3v) is 8.03. The minimum atomic E-state index is -1.05. The van der Waals surface area contributed by atoms with Crippen LogP contribution >= 0.6 is 0 Å². The summed E-state index contributed by atoms with van der Waals surface area (Å²) in [4.78, 5) is 11.7. The van der Waals surface area contributed by atoms with Crippen LogP contribution in [0.15, 0.2) is 79.3 Å². The van der Waals surface area contributed by atoms with Gasteiger partial charge in [-0.15, -0.1) is 0 Å². The van der Waals surface area contributed by atoms with Crippen molar-refractivity contribution in [2.24, 2.45) is 12.8 Å². The smallest absolute Gasteiger partial charge is 0.130 e. The van der Waals surface area contributed by atoms with Gasteiger partial charge in [0.2, 0.25) is 0 Å². The Bertz CT molecular complexity index is 1800. The Balaban J connectivity index is 1.54. The number of nitrogens with zero attached hydrogens (tertiary/aromatic N) is 5. The molecule has 7 rings (SSSR count). The second-order valence-electron chi connectivity index (χ2n) is 10.4. The van der Waals surface area contributed by atoms with Crippen molar-refractivity contribution in [1.29, 1.82) is 5.26 Å². The lowest BCUT2D eigenvalue weighted by Crippen LogP contribution is -2.41. The van der Waals surface area contributed by atoms with Gasteiger partial charge in [0, 0.05) is 31.1 Å². The average Bonchev–Trinajstić information content (AvgIpc) is 3.45. The summed E-state index contributed by atoms with van der Waals surface area (Å²) in [5.41, 5.74) is 13.3. The van der Waals surface area contributed by atoms with Crippen molar-refractivity contribution >= 4 is 16.7 Å². The molecule has 8 heteroatoms.